The summed E-state index contributed by atoms with van der Waals surface area (Å²) >= 11 is 6.19. The van der Waals surface area contributed by atoms with Crippen molar-refractivity contribution in [2.45, 2.75) is 66.7 Å². The molecule has 0 bridgehead atoms. The number of aliphatic hydroxyl groups excluding tert-OH is 1. The van der Waals surface area contributed by atoms with Crippen LogP contribution in [0.3, 0.4) is 0 Å². The molecular formula is C32H40ClN3O2. The highest BCUT2D eigenvalue weighted by Crippen LogP contribution is 2.45. The highest BCUT2D eigenvalue weighted by atomic mass is 35.5. The molecule has 0 saturated carbocycles. The largest absolute Gasteiger partial charge is 0.516 e. The number of rotatable bonds is 4. The maximum atomic E-state index is 8.52. The third-order valence-electron chi connectivity index (χ3n) is 6.38. The van der Waals surface area contributed by atoms with Crippen LogP contribution in [-0.4, -0.2) is 31.9 Å². The Balaban J connectivity index is 0.000000443. The molecule has 3 heterocycles. The van der Waals surface area contributed by atoms with Gasteiger partial charge in [-0.25, -0.2) is 0 Å². The molecule has 5 rings (SSSR count). The SMILES string of the molecule is C=CO.CC(C)(C)O.CCc1c(C)c2c3c(cc(C)n3CCN2Cc2ccccn2)c1-c1ccc(Cl)cc1. The van der Waals surface area contributed by atoms with E-state index in [4.69, 9.17) is 21.8 Å². The van der Waals surface area contributed by atoms with Crippen molar-refractivity contribution < 1.29 is 10.2 Å². The van der Waals surface area contributed by atoms with E-state index < -0.39 is 5.60 Å². The molecule has 6 heteroatoms. The van der Waals surface area contributed by atoms with E-state index in [9.17, 15) is 0 Å². The van der Waals surface area contributed by atoms with Crippen LogP contribution in [-0.2, 0) is 19.5 Å². The molecule has 5 nitrogen and oxygen atoms in total. The summed E-state index contributed by atoms with van der Waals surface area (Å²) in [6.07, 6.45) is 3.63. The first-order chi connectivity index (χ1) is 18.0. The van der Waals surface area contributed by atoms with Crippen LogP contribution in [0.2, 0.25) is 5.02 Å². The second-order valence-electron chi connectivity index (χ2n) is 10.5. The first-order valence-electron chi connectivity index (χ1n) is 13.0. The number of aromatic nitrogens is 2. The molecule has 0 saturated heterocycles. The molecule has 1 aliphatic rings. The van der Waals surface area contributed by atoms with Crippen molar-refractivity contribution in [1.29, 1.82) is 0 Å². The lowest BCUT2D eigenvalue weighted by molar-refractivity contribution is 0.102. The van der Waals surface area contributed by atoms with E-state index in [0.717, 1.165) is 43.0 Å². The van der Waals surface area contributed by atoms with Crippen molar-refractivity contribution in [3.8, 4) is 11.1 Å². The van der Waals surface area contributed by atoms with Gasteiger partial charge in [0, 0.05) is 35.4 Å². The molecule has 0 fully saturated rings. The number of anilines is 1. The fraction of sp³-hybridized carbons (Fsp3) is 0.344. The standard InChI is InChI=1S/C26H26ClN3.C4H10O.C2H4O/c1-4-22-18(3)25-26-23(24(22)19-8-10-20(27)11-9-19)15-17(2)30(26)14-13-29(25)16-21-7-5-6-12-28-21;1-4(2,3)5;1-2-3/h5-12,15H,4,13-14,16H2,1-3H3;5H,1-3H3;2-3H,1H2. The van der Waals surface area contributed by atoms with Gasteiger partial charge in [0.2, 0.25) is 0 Å². The van der Waals surface area contributed by atoms with Gasteiger partial charge >= 0.3 is 0 Å². The molecule has 2 aromatic carbocycles. The van der Waals surface area contributed by atoms with Gasteiger partial charge in [0.25, 0.3) is 0 Å². The van der Waals surface area contributed by atoms with Gasteiger partial charge in [-0.2, -0.15) is 0 Å². The molecule has 2 N–H and O–H groups in total. The molecule has 1 aliphatic heterocycles. The number of nitrogens with zero attached hydrogens (tertiary/aromatic N) is 3. The summed E-state index contributed by atoms with van der Waals surface area (Å²) in [4.78, 5) is 7.10. The predicted molar refractivity (Wildman–Crippen MR) is 161 cm³/mol. The average molecular weight is 534 g/mol. The lowest BCUT2D eigenvalue weighted by Gasteiger charge is -2.34. The Morgan fingerprint density at radius 2 is 1.71 bits per heavy atom. The topological polar surface area (TPSA) is 61.5 Å². The smallest absolute Gasteiger partial charge is 0.0730 e. The lowest BCUT2D eigenvalue weighted by atomic mass is 9.89. The van der Waals surface area contributed by atoms with Crippen molar-refractivity contribution in [1.82, 2.24) is 9.55 Å². The molecule has 2 aromatic heterocycles. The minimum Gasteiger partial charge on any atom is -0.516 e. The molecule has 38 heavy (non-hydrogen) atoms. The third kappa shape index (κ3) is 6.77. The van der Waals surface area contributed by atoms with Crippen LogP contribution in [0.4, 0.5) is 5.69 Å². The zero-order valence-electron chi connectivity index (χ0n) is 23.4. The number of hydrogen-bond donors (Lipinski definition) is 2. The zero-order valence-corrected chi connectivity index (χ0v) is 24.2. The molecule has 0 unspecified atom stereocenters. The summed E-state index contributed by atoms with van der Waals surface area (Å²) in [6.45, 7) is 17.8. The molecule has 0 aliphatic carbocycles. The van der Waals surface area contributed by atoms with Crippen LogP contribution in [0.5, 0.6) is 0 Å². The number of aliphatic hydroxyl groups is 2. The maximum absolute atomic E-state index is 8.52. The molecule has 4 aromatic rings. The lowest BCUT2D eigenvalue weighted by Crippen LogP contribution is -2.32. The first kappa shape index (κ1) is 29.3. The number of benzene rings is 2. The van der Waals surface area contributed by atoms with Crippen molar-refractivity contribution in [2.24, 2.45) is 0 Å². The number of halogens is 1. The van der Waals surface area contributed by atoms with Crippen LogP contribution in [0.1, 0.15) is 50.2 Å². The van der Waals surface area contributed by atoms with Crippen molar-refractivity contribution in [3.63, 3.8) is 0 Å². The summed E-state index contributed by atoms with van der Waals surface area (Å²) in [7, 11) is 0. The Hall–Kier alpha value is -3.28. The molecule has 0 amide bonds. The van der Waals surface area contributed by atoms with Gasteiger partial charge in [0.05, 0.1) is 35.3 Å². The summed E-state index contributed by atoms with van der Waals surface area (Å²) in [6, 6.07) is 16.8. The Bertz CT molecular complexity index is 1360. The molecule has 0 spiro atoms. The normalized spacial score (nSPS) is 12.4. The summed E-state index contributed by atoms with van der Waals surface area (Å²) in [5.41, 5.74) is 10.1. The van der Waals surface area contributed by atoms with E-state index in [1.165, 1.54) is 44.5 Å². The first-order valence-corrected chi connectivity index (χ1v) is 13.4. The van der Waals surface area contributed by atoms with E-state index in [1.54, 1.807) is 20.8 Å². The second-order valence-corrected chi connectivity index (χ2v) is 10.9. The quantitative estimate of drug-likeness (QED) is 0.261. The Morgan fingerprint density at radius 3 is 2.26 bits per heavy atom. The van der Waals surface area contributed by atoms with Gasteiger partial charge in [-0.1, -0.05) is 43.3 Å². The van der Waals surface area contributed by atoms with Gasteiger partial charge in [0.15, 0.2) is 0 Å². The second kappa shape index (κ2) is 12.5. The zero-order chi connectivity index (χ0) is 28.0. The van der Waals surface area contributed by atoms with Crippen LogP contribution in [0.25, 0.3) is 22.0 Å². The Morgan fingerprint density at radius 1 is 1.08 bits per heavy atom. The summed E-state index contributed by atoms with van der Waals surface area (Å²) in [5, 5.41) is 18.0. The average Bonchev–Trinajstić information content (AvgIpc) is 3.19. The highest BCUT2D eigenvalue weighted by Gasteiger charge is 2.27. The van der Waals surface area contributed by atoms with E-state index in [1.807, 2.05) is 24.4 Å². The molecule has 0 radical (unpaired) electrons. The van der Waals surface area contributed by atoms with Crippen LogP contribution >= 0.6 is 11.6 Å². The minimum absolute atomic E-state index is 0.500. The monoisotopic (exact) mass is 533 g/mol. The third-order valence-corrected chi connectivity index (χ3v) is 6.63. The molecule has 0 atom stereocenters. The van der Waals surface area contributed by atoms with E-state index in [2.05, 4.69) is 72.1 Å². The number of hydrogen-bond acceptors (Lipinski definition) is 4. The van der Waals surface area contributed by atoms with E-state index in [-0.39, 0.29) is 0 Å². The Labute approximate surface area is 232 Å². The van der Waals surface area contributed by atoms with Gasteiger partial charge in [-0.15, -0.1) is 0 Å². The van der Waals surface area contributed by atoms with Crippen LogP contribution in [0, 0.1) is 13.8 Å². The van der Waals surface area contributed by atoms with Crippen molar-refractivity contribution in [3.05, 3.63) is 95.1 Å². The minimum atomic E-state index is -0.500. The highest BCUT2D eigenvalue weighted by molar-refractivity contribution is 6.30. The van der Waals surface area contributed by atoms with Crippen LogP contribution < -0.4 is 4.90 Å². The molecule has 202 valence electrons. The Kier molecular flexibility index (Phi) is 9.64. The fourth-order valence-corrected chi connectivity index (χ4v) is 5.16. The van der Waals surface area contributed by atoms with Crippen molar-refractivity contribution >= 4 is 28.2 Å². The fourth-order valence-electron chi connectivity index (χ4n) is 5.03. The van der Waals surface area contributed by atoms with Crippen molar-refractivity contribution in [2.75, 3.05) is 11.4 Å². The molecular weight excluding hydrogens is 494 g/mol. The van der Waals surface area contributed by atoms with Gasteiger partial charge in [-0.3, -0.25) is 4.98 Å². The van der Waals surface area contributed by atoms with Gasteiger partial charge in [0.1, 0.15) is 0 Å². The van der Waals surface area contributed by atoms with E-state index in [0.29, 0.717) is 0 Å². The maximum Gasteiger partial charge on any atom is 0.0730 e. The summed E-state index contributed by atoms with van der Waals surface area (Å²) < 4.78 is 2.49. The predicted octanol–water partition coefficient (Wildman–Crippen LogP) is 8.02. The van der Waals surface area contributed by atoms with Crippen LogP contribution in [0.15, 0.2) is 67.6 Å². The number of aryl methyl sites for hydroxylation is 1. The van der Waals surface area contributed by atoms with E-state index >= 15 is 0 Å². The number of pyridine rings is 1. The summed E-state index contributed by atoms with van der Waals surface area (Å²) in [5.74, 6) is 0. The van der Waals surface area contributed by atoms with Gasteiger partial charge < -0.3 is 19.7 Å². The van der Waals surface area contributed by atoms with Gasteiger partial charge in [-0.05, 0) is 93.6 Å².